The molecule has 2 aromatic heterocycles. The van der Waals surface area contributed by atoms with Crippen molar-refractivity contribution in [2.45, 2.75) is 19.6 Å². The minimum Gasteiger partial charge on any atom is -0.416 e. The Morgan fingerprint density at radius 1 is 0.628 bits per heavy atom. The van der Waals surface area contributed by atoms with Crippen LogP contribution < -0.4 is 30.7 Å². The largest absolute Gasteiger partial charge is 2.00 e. The average Bonchev–Trinajstić information content (AvgIpc) is 2.98. The first-order valence-corrected chi connectivity index (χ1v) is 14.2. The van der Waals surface area contributed by atoms with Gasteiger partial charge in [-0.1, -0.05) is 12.1 Å². The van der Waals surface area contributed by atoms with Gasteiger partial charge in [0, 0.05) is 59.4 Å². The fourth-order valence-corrected chi connectivity index (χ4v) is 4.49. The van der Waals surface area contributed by atoms with Crippen LogP contribution in [0.4, 0.5) is 17.1 Å². The maximum atomic E-state index is 4.53. The summed E-state index contributed by atoms with van der Waals surface area (Å²) in [4.78, 5) is 15.3. The average molecular weight is 762 g/mol. The standard InChI is InChI=1S/2C17H23N4.Pt/c1-18-12-13-6-7-17(21(4)5)15(10-13)16-11-14(20(2)3)8-9-19-16;1-18-11-13-7-8-20-17(9-13)16-10-15(21(3)4)6-5-14(16)12-19-2;/h6-9,11,18H,12H2,1-5H3;5-9,18-19H,11-12H2,1-4H3;/q2*-1;+2. The molecule has 0 unspecified atom stereocenters. The number of nitrogens with zero attached hydrogens (tertiary/aromatic N) is 5. The predicted molar refractivity (Wildman–Crippen MR) is 178 cm³/mol. The molecular weight excluding hydrogens is 716 g/mol. The topological polar surface area (TPSA) is 71.6 Å². The van der Waals surface area contributed by atoms with Crippen molar-refractivity contribution < 1.29 is 21.1 Å². The summed E-state index contributed by atoms with van der Waals surface area (Å²) in [7, 11) is 18.1. The molecule has 0 bridgehead atoms. The molecule has 0 aliphatic carbocycles. The van der Waals surface area contributed by atoms with Crippen molar-refractivity contribution in [2.75, 3.05) is 78.1 Å². The smallest absolute Gasteiger partial charge is 0.416 e. The van der Waals surface area contributed by atoms with Crippen LogP contribution in [-0.4, -0.2) is 73.4 Å². The summed E-state index contributed by atoms with van der Waals surface area (Å²) in [5, 5.41) is 9.55. The maximum absolute atomic E-state index is 4.53. The van der Waals surface area contributed by atoms with Crippen LogP contribution in [-0.2, 0) is 40.7 Å². The summed E-state index contributed by atoms with van der Waals surface area (Å²) < 4.78 is 0. The molecule has 232 valence electrons. The molecule has 4 rings (SSSR count). The van der Waals surface area contributed by atoms with Crippen LogP contribution in [0.5, 0.6) is 0 Å². The summed E-state index contributed by atoms with van der Waals surface area (Å²) in [5.74, 6) is 0. The van der Waals surface area contributed by atoms with E-state index in [-0.39, 0.29) is 21.1 Å². The second kappa shape index (κ2) is 17.7. The molecular formula is C34H46N8Pt. The molecule has 0 aliphatic heterocycles. The Balaban J connectivity index is 0.000000293. The fourth-order valence-electron chi connectivity index (χ4n) is 4.49. The number of benzene rings is 2. The van der Waals surface area contributed by atoms with E-state index in [1.165, 1.54) is 11.1 Å². The van der Waals surface area contributed by atoms with Crippen LogP contribution >= 0.6 is 0 Å². The van der Waals surface area contributed by atoms with Gasteiger partial charge in [0.2, 0.25) is 0 Å². The molecule has 43 heavy (non-hydrogen) atoms. The molecule has 0 atom stereocenters. The Labute approximate surface area is 273 Å². The van der Waals surface area contributed by atoms with Gasteiger partial charge < -0.3 is 40.6 Å². The molecule has 0 saturated heterocycles. The number of rotatable bonds is 11. The summed E-state index contributed by atoms with van der Waals surface area (Å²) in [6.45, 7) is 2.44. The minimum absolute atomic E-state index is 0. The van der Waals surface area contributed by atoms with Gasteiger partial charge in [0.1, 0.15) is 0 Å². The van der Waals surface area contributed by atoms with Crippen LogP contribution in [0, 0.1) is 12.1 Å². The van der Waals surface area contributed by atoms with Crippen LogP contribution in [0.3, 0.4) is 0 Å². The van der Waals surface area contributed by atoms with Gasteiger partial charge in [-0.25, -0.2) is 0 Å². The molecule has 0 fully saturated rings. The van der Waals surface area contributed by atoms with E-state index in [4.69, 9.17) is 0 Å². The zero-order valence-electron chi connectivity index (χ0n) is 26.9. The zero-order valence-corrected chi connectivity index (χ0v) is 29.2. The maximum Gasteiger partial charge on any atom is 2.00 e. The van der Waals surface area contributed by atoms with Gasteiger partial charge in [-0.3, -0.25) is 0 Å². The monoisotopic (exact) mass is 761 g/mol. The minimum atomic E-state index is 0. The van der Waals surface area contributed by atoms with Gasteiger partial charge in [-0.2, -0.15) is 0 Å². The third-order valence-electron chi connectivity index (χ3n) is 6.68. The van der Waals surface area contributed by atoms with E-state index in [0.29, 0.717) is 0 Å². The Morgan fingerprint density at radius 3 is 1.88 bits per heavy atom. The van der Waals surface area contributed by atoms with Crippen LogP contribution in [0.15, 0.2) is 60.9 Å². The van der Waals surface area contributed by atoms with Gasteiger partial charge >= 0.3 is 21.1 Å². The molecule has 0 amide bonds. The number of aromatic nitrogens is 2. The number of hydrogen-bond acceptors (Lipinski definition) is 8. The first kappa shape index (κ1) is 35.9. The third kappa shape index (κ3) is 10.1. The van der Waals surface area contributed by atoms with Gasteiger partial charge in [0.15, 0.2) is 0 Å². The predicted octanol–water partition coefficient (Wildman–Crippen LogP) is 4.45. The second-order valence-electron chi connectivity index (χ2n) is 10.7. The summed E-state index contributed by atoms with van der Waals surface area (Å²) in [6.07, 6.45) is 3.71. The number of hydrogen-bond donors (Lipinski definition) is 3. The molecule has 2 aromatic carbocycles. The first-order chi connectivity index (χ1) is 20.2. The Hall–Kier alpha value is -3.29. The van der Waals surface area contributed by atoms with E-state index in [1.807, 2.05) is 88.0 Å². The van der Waals surface area contributed by atoms with Crippen molar-refractivity contribution in [2.24, 2.45) is 0 Å². The normalized spacial score (nSPS) is 10.3. The molecule has 0 spiro atoms. The molecule has 9 heteroatoms. The number of nitrogens with one attached hydrogen (secondary N) is 3. The van der Waals surface area contributed by atoms with E-state index < -0.39 is 0 Å². The van der Waals surface area contributed by atoms with Gasteiger partial charge in [-0.15, -0.1) is 58.7 Å². The van der Waals surface area contributed by atoms with Crippen LogP contribution in [0.2, 0.25) is 0 Å². The van der Waals surface area contributed by atoms with Gasteiger partial charge in [-0.05, 0) is 82.2 Å². The van der Waals surface area contributed by atoms with Gasteiger partial charge in [0.25, 0.3) is 0 Å². The van der Waals surface area contributed by atoms with Gasteiger partial charge in [0.05, 0.1) is 0 Å². The molecule has 0 aliphatic rings. The van der Waals surface area contributed by atoms with Crippen molar-refractivity contribution in [1.82, 2.24) is 25.9 Å². The van der Waals surface area contributed by atoms with Crippen molar-refractivity contribution >= 4 is 17.1 Å². The quantitative estimate of drug-likeness (QED) is 0.194. The molecule has 4 aromatic rings. The van der Waals surface area contributed by atoms with Crippen molar-refractivity contribution in [3.63, 3.8) is 0 Å². The van der Waals surface area contributed by atoms with E-state index >= 15 is 0 Å². The van der Waals surface area contributed by atoms with Crippen molar-refractivity contribution in [3.05, 3.63) is 89.7 Å². The molecule has 2 heterocycles. The summed E-state index contributed by atoms with van der Waals surface area (Å²) >= 11 is 0. The van der Waals surface area contributed by atoms with E-state index in [2.05, 4.69) is 89.1 Å². The molecule has 8 nitrogen and oxygen atoms in total. The fraction of sp³-hybridized carbons (Fsp3) is 0.353. The van der Waals surface area contributed by atoms with E-state index in [1.54, 1.807) is 0 Å². The Kier molecular flexibility index (Phi) is 14.8. The number of anilines is 3. The van der Waals surface area contributed by atoms with Crippen LogP contribution in [0.25, 0.3) is 22.5 Å². The van der Waals surface area contributed by atoms with Crippen molar-refractivity contribution in [1.29, 1.82) is 0 Å². The van der Waals surface area contributed by atoms with Crippen LogP contribution in [0.1, 0.15) is 16.7 Å². The van der Waals surface area contributed by atoms with Crippen molar-refractivity contribution in [3.8, 4) is 22.5 Å². The number of pyridine rings is 2. The van der Waals surface area contributed by atoms with E-state index in [0.717, 1.165) is 64.8 Å². The molecule has 0 radical (unpaired) electrons. The molecule has 0 saturated carbocycles. The molecule has 3 N–H and O–H groups in total. The summed E-state index contributed by atoms with van der Waals surface area (Å²) in [6, 6.07) is 23.7. The summed E-state index contributed by atoms with van der Waals surface area (Å²) in [5.41, 5.74) is 10.9. The SMILES string of the molecule is CNCc1[c-]c(-c2cc(N(C)C)ccn2)c(N(C)C)cc1.CNCc1ccnc(-c2[c-]c(N(C)C)ccc2CNC)c1.[Pt+2]. The zero-order chi connectivity index (χ0) is 30.6. The second-order valence-corrected chi connectivity index (χ2v) is 10.7. The first-order valence-electron chi connectivity index (χ1n) is 14.2. The Morgan fingerprint density at radius 2 is 1.28 bits per heavy atom. The van der Waals surface area contributed by atoms with E-state index in [9.17, 15) is 0 Å². The third-order valence-corrected chi connectivity index (χ3v) is 6.68. The Bertz CT molecular complexity index is 1420.